The molecular weight excluding hydrogens is 200 g/mol. The van der Waals surface area contributed by atoms with Crippen molar-refractivity contribution in [2.24, 2.45) is 11.3 Å². The van der Waals surface area contributed by atoms with E-state index < -0.39 is 0 Å². The molecule has 1 aliphatic rings. The zero-order valence-corrected chi connectivity index (χ0v) is 11.2. The molecule has 1 heterocycles. The van der Waals surface area contributed by atoms with E-state index in [1.54, 1.807) is 0 Å². The number of carbonyl (C=O) groups is 1. The fourth-order valence-corrected chi connectivity index (χ4v) is 2.16. The van der Waals surface area contributed by atoms with Gasteiger partial charge in [-0.25, -0.2) is 0 Å². The summed E-state index contributed by atoms with van der Waals surface area (Å²) in [5.74, 6) is 0.871. The molecule has 0 aromatic heterocycles. The van der Waals surface area contributed by atoms with Crippen molar-refractivity contribution in [1.29, 1.82) is 0 Å². The lowest BCUT2D eigenvalue weighted by Gasteiger charge is -2.34. The van der Waals surface area contributed by atoms with Crippen molar-refractivity contribution in [2.75, 3.05) is 32.7 Å². The summed E-state index contributed by atoms with van der Waals surface area (Å²) >= 11 is 0. The lowest BCUT2D eigenvalue weighted by molar-refractivity contribution is -0.128. The van der Waals surface area contributed by atoms with E-state index >= 15 is 0 Å². The Morgan fingerprint density at radius 2 is 1.88 bits per heavy atom. The Balaban J connectivity index is 2.45. The number of rotatable bonds is 5. The molecule has 16 heavy (non-hydrogen) atoms. The van der Waals surface area contributed by atoms with Crippen LogP contribution in [-0.4, -0.2) is 43.4 Å². The lowest BCUT2D eigenvalue weighted by atomic mass is 9.83. The van der Waals surface area contributed by atoms with Gasteiger partial charge in [0.1, 0.15) is 5.78 Å². The van der Waals surface area contributed by atoms with E-state index in [4.69, 9.17) is 0 Å². The minimum Gasteiger partial charge on any atom is -0.314 e. The Bertz CT molecular complexity index is 230. The number of nitrogens with zero attached hydrogens (tertiary/aromatic N) is 1. The van der Waals surface area contributed by atoms with E-state index in [9.17, 15) is 4.79 Å². The summed E-state index contributed by atoms with van der Waals surface area (Å²) in [6.45, 7) is 13.5. The van der Waals surface area contributed by atoms with Gasteiger partial charge in [0.15, 0.2) is 0 Å². The van der Waals surface area contributed by atoms with Gasteiger partial charge in [-0.1, -0.05) is 27.7 Å². The maximum absolute atomic E-state index is 12.1. The van der Waals surface area contributed by atoms with Crippen LogP contribution in [0.1, 0.15) is 34.1 Å². The number of nitrogens with one attached hydrogen (secondary N) is 1. The average molecular weight is 226 g/mol. The lowest BCUT2D eigenvalue weighted by Crippen LogP contribution is -2.48. The van der Waals surface area contributed by atoms with Crippen molar-refractivity contribution in [2.45, 2.75) is 34.1 Å². The minimum absolute atomic E-state index is 0.193. The third-order valence-corrected chi connectivity index (χ3v) is 3.18. The van der Waals surface area contributed by atoms with Gasteiger partial charge < -0.3 is 5.32 Å². The highest BCUT2D eigenvalue weighted by atomic mass is 16.1. The first kappa shape index (κ1) is 13.7. The summed E-state index contributed by atoms with van der Waals surface area (Å²) < 4.78 is 0. The predicted molar refractivity (Wildman–Crippen MR) is 67.6 cm³/mol. The number of piperazine rings is 1. The SMILES string of the molecule is CC(C)CC(=O)C(C)(C)CN1CCNCC1. The average Bonchev–Trinajstić information content (AvgIpc) is 2.17. The highest BCUT2D eigenvalue weighted by molar-refractivity contribution is 5.84. The molecule has 3 nitrogen and oxygen atoms in total. The Kier molecular flexibility index (Phi) is 4.93. The number of Topliss-reactive ketones (excluding diaryl/α,β-unsaturated/α-hetero) is 1. The van der Waals surface area contributed by atoms with Gasteiger partial charge in [-0.3, -0.25) is 9.69 Å². The Labute approximate surface area is 99.6 Å². The van der Waals surface area contributed by atoms with Gasteiger partial charge in [0, 0.05) is 44.6 Å². The Morgan fingerprint density at radius 3 is 2.38 bits per heavy atom. The molecule has 0 spiro atoms. The summed E-state index contributed by atoms with van der Waals surface area (Å²) in [4.78, 5) is 14.5. The highest BCUT2D eigenvalue weighted by Crippen LogP contribution is 2.22. The molecule has 3 heteroatoms. The standard InChI is InChI=1S/C13H26N2O/c1-11(2)9-12(16)13(3,4)10-15-7-5-14-6-8-15/h11,14H,5-10H2,1-4H3. The number of carbonyl (C=O) groups excluding carboxylic acids is 1. The molecule has 0 bridgehead atoms. The molecule has 0 atom stereocenters. The quantitative estimate of drug-likeness (QED) is 0.771. The Morgan fingerprint density at radius 1 is 1.31 bits per heavy atom. The van der Waals surface area contributed by atoms with Crippen molar-refractivity contribution >= 4 is 5.78 Å². The van der Waals surface area contributed by atoms with Crippen LogP contribution in [0.2, 0.25) is 0 Å². The maximum Gasteiger partial charge on any atom is 0.140 e. The van der Waals surface area contributed by atoms with Crippen LogP contribution in [0.3, 0.4) is 0 Å². The van der Waals surface area contributed by atoms with Crippen LogP contribution in [0.4, 0.5) is 0 Å². The molecule has 1 N–H and O–H groups in total. The normalized spacial score (nSPS) is 19.1. The molecule has 0 aromatic rings. The third kappa shape index (κ3) is 4.22. The second kappa shape index (κ2) is 5.78. The van der Waals surface area contributed by atoms with Crippen LogP contribution in [0.5, 0.6) is 0 Å². The molecule has 1 aliphatic heterocycles. The van der Waals surface area contributed by atoms with Crippen LogP contribution in [0.15, 0.2) is 0 Å². The minimum atomic E-state index is -0.193. The first-order valence-corrected chi connectivity index (χ1v) is 6.38. The van der Waals surface area contributed by atoms with Crippen LogP contribution >= 0.6 is 0 Å². The third-order valence-electron chi connectivity index (χ3n) is 3.18. The van der Waals surface area contributed by atoms with Gasteiger partial charge >= 0.3 is 0 Å². The van der Waals surface area contributed by atoms with E-state index in [0.29, 0.717) is 18.1 Å². The summed E-state index contributed by atoms with van der Waals surface area (Å²) in [6, 6.07) is 0. The molecule has 94 valence electrons. The number of hydrogen-bond donors (Lipinski definition) is 1. The molecule has 1 rings (SSSR count). The molecule has 0 amide bonds. The van der Waals surface area contributed by atoms with Gasteiger partial charge in [-0.2, -0.15) is 0 Å². The highest BCUT2D eigenvalue weighted by Gasteiger charge is 2.30. The summed E-state index contributed by atoms with van der Waals surface area (Å²) in [5, 5.41) is 3.34. The van der Waals surface area contributed by atoms with Crippen LogP contribution in [-0.2, 0) is 4.79 Å². The van der Waals surface area contributed by atoms with E-state index in [-0.39, 0.29) is 5.41 Å². The monoisotopic (exact) mass is 226 g/mol. The molecule has 0 radical (unpaired) electrons. The van der Waals surface area contributed by atoms with Crippen molar-refractivity contribution in [3.63, 3.8) is 0 Å². The summed E-state index contributed by atoms with van der Waals surface area (Å²) in [7, 11) is 0. The van der Waals surface area contributed by atoms with Crippen molar-refractivity contribution < 1.29 is 4.79 Å². The maximum atomic E-state index is 12.1. The van der Waals surface area contributed by atoms with E-state index in [2.05, 4.69) is 37.9 Å². The number of hydrogen-bond acceptors (Lipinski definition) is 3. The van der Waals surface area contributed by atoms with E-state index in [1.807, 2.05) is 0 Å². The first-order chi connectivity index (χ1) is 7.42. The van der Waals surface area contributed by atoms with Gasteiger partial charge in [-0.05, 0) is 5.92 Å². The summed E-state index contributed by atoms with van der Waals surface area (Å²) in [5.41, 5.74) is -0.193. The molecule has 0 unspecified atom stereocenters. The second-order valence-electron chi connectivity index (χ2n) is 5.93. The van der Waals surface area contributed by atoms with E-state index in [0.717, 1.165) is 32.7 Å². The van der Waals surface area contributed by atoms with Crippen molar-refractivity contribution in [3.8, 4) is 0 Å². The van der Waals surface area contributed by atoms with Crippen molar-refractivity contribution in [3.05, 3.63) is 0 Å². The van der Waals surface area contributed by atoms with E-state index in [1.165, 1.54) is 0 Å². The van der Waals surface area contributed by atoms with Crippen LogP contribution < -0.4 is 5.32 Å². The first-order valence-electron chi connectivity index (χ1n) is 6.38. The molecule has 1 fully saturated rings. The van der Waals surface area contributed by atoms with Crippen molar-refractivity contribution in [1.82, 2.24) is 10.2 Å². The predicted octanol–water partition coefficient (Wildman–Crippen LogP) is 1.53. The van der Waals surface area contributed by atoms with Crippen LogP contribution in [0, 0.1) is 11.3 Å². The van der Waals surface area contributed by atoms with Gasteiger partial charge in [0.25, 0.3) is 0 Å². The smallest absolute Gasteiger partial charge is 0.140 e. The van der Waals surface area contributed by atoms with Crippen LogP contribution in [0.25, 0.3) is 0 Å². The van der Waals surface area contributed by atoms with Gasteiger partial charge in [0.05, 0.1) is 0 Å². The molecule has 0 aromatic carbocycles. The number of ketones is 1. The molecule has 0 aliphatic carbocycles. The fraction of sp³-hybridized carbons (Fsp3) is 0.923. The molecule has 1 saturated heterocycles. The molecule has 0 saturated carbocycles. The van der Waals surface area contributed by atoms with Gasteiger partial charge in [0.2, 0.25) is 0 Å². The van der Waals surface area contributed by atoms with Gasteiger partial charge in [-0.15, -0.1) is 0 Å². The molecular formula is C13H26N2O. The summed E-state index contributed by atoms with van der Waals surface area (Å²) in [6.07, 6.45) is 0.707. The fourth-order valence-electron chi connectivity index (χ4n) is 2.16. The largest absolute Gasteiger partial charge is 0.314 e. The second-order valence-corrected chi connectivity index (χ2v) is 5.93. The Hall–Kier alpha value is -0.410. The zero-order chi connectivity index (χ0) is 12.2. The topological polar surface area (TPSA) is 32.3 Å². The zero-order valence-electron chi connectivity index (χ0n) is 11.2.